The van der Waals surface area contributed by atoms with Crippen LogP contribution in [0.25, 0.3) is 76.8 Å². The molecule has 0 atom stereocenters. The van der Waals surface area contributed by atoms with Gasteiger partial charge < -0.3 is 9.40 Å². The minimum absolute atomic E-state index is 0.923. The predicted molar refractivity (Wildman–Crippen MR) is 151 cm³/mol. The molecule has 0 bridgehead atoms. The number of H-pyrrole nitrogens is 1. The fourth-order valence-electron chi connectivity index (χ4n) is 5.84. The van der Waals surface area contributed by atoms with E-state index in [2.05, 4.69) is 114 Å². The topological polar surface area (TPSA) is 28.9 Å². The number of hydrogen-bond donors (Lipinski definition) is 1. The summed E-state index contributed by atoms with van der Waals surface area (Å²) in [6.45, 7) is 0. The Hall–Kier alpha value is -4.82. The van der Waals surface area contributed by atoms with Crippen molar-refractivity contribution < 1.29 is 4.42 Å². The van der Waals surface area contributed by atoms with Gasteiger partial charge in [-0.3, -0.25) is 0 Å². The maximum atomic E-state index is 6.39. The summed E-state index contributed by atoms with van der Waals surface area (Å²) in [4.78, 5) is 3.68. The molecule has 8 rings (SSSR count). The van der Waals surface area contributed by atoms with Crippen LogP contribution >= 0.6 is 0 Å². The summed E-state index contributed by atoms with van der Waals surface area (Å²) >= 11 is 0. The van der Waals surface area contributed by atoms with E-state index < -0.39 is 0 Å². The van der Waals surface area contributed by atoms with Gasteiger partial charge in [0.1, 0.15) is 11.2 Å². The molecule has 0 spiro atoms. The third-order valence-electron chi connectivity index (χ3n) is 7.45. The van der Waals surface area contributed by atoms with Crippen LogP contribution in [0.3, 0.4) is 0 Å². The van der Waals surface area contributed by atoms with Gasteiger partial charge in [-0.05, 0) is 34.0 Å². The van der Waals surface area contributed by atoms with E-state index in [1.54, 1.807) is 0 Å². The van der Waals surface area contributed by atoms with Gasteiger partial charge in [0.05, 0.1) is 5.52 Å². The summed E-state index contributed by atoms with van der Waals surface area (Å²) in [5.74, 6) is 0. The average Bonchev–Trinajstić information content (AvgIpc) is 3.51. The second kappa shape index (κ2) is 7.34. The van der Waals surface area contributed by atoms with Crippen LogP contribution < -0.4 is 0 Å². The van der Waals surface area contributed by atoms with Gasteiger partial charge >= 0.3 is 0 Å². The number of aromatic nitrogens is 1. The van der Waals surface area contributed by atoms with Gasteiger partial charge in [0.2, 0.25) is 0 Å². The molecule has 6 aromatic carbocycles. The molecule has 36 heavy (non-hydrogen) atoms. The van der Waals surface area contributed by atoms with E-state index in [1.165, 1.54) is 43.8 Å². The lowest BCUT2D eigenvalue weighted by Gasteiger charge is -2.12. The summed E-state index contributed by atoms with van der Waals surface area (Å²) < 4.78 is 6.39. The average molecular weight is 460 g/mol. The molecule has 0 fully saturated rings. The second-order valence-corrected chi connectivity index (χ2v) is 9.39. The Morgan fingerprint density at radius 1 is 0.389 bits per heavy atom. The first-order valence-electron chi connectivity index (χ1n) is 12.3. The monoisotopic (exact) mass is 459 g/mol. The lowest BCUT2D eigenvalue weighted by molar-refractivity contribution is 0.670. The predicted octanol–water partition coefficient (Wildman–Crippen LogP) is 9.71. The molecule has 0 unspecified atom stereocenters. The van der Waals surface area contributed by atoms with Crippen LogP contribution in [0, 0.1) is 0 Å². The van der Waals surface area contributed by atoms with Crippen molar-refractivity contribution >= 4 is 54.5 Å². The van der Waals surface area contributed by atoms with Crippen LogP contribution in [-0.2, 0) is 0 Å². The first kappa shape index (κ1) is 19.5. The molecule has 2 heterocycles. The van der Waals surface area contributed by atoms with E-state index in [0.717, 1.165) is 33.0 Å². The van der Waals surface area contributed by atoms with E-state index in [9.17, 15) is 0 Å². The molecular formula is C34H21NO. The number of benzene rings is 6. The molecule has 0 aliphatic carbocycles. The Morgan fingerprint density at radius 3 is 1.75 bits per heavy atom. The van der Waals surface area contributed by atoms with Gasteiger partial charge in [-0.25, -0.2) is 0 Å². The molecule has 0 aliphatic rings. The van der Waals surface area contributed by atoms with E-state index in [0.29, 0.717) is 0 Å². The quantitative estimate of drug-likeness (QED) is 0.274. The molecule has 0 saturated carbocycles. The number of fused-ring (bicyclic) bond motifs is 7. The summed E-state index contributed by atoms with van der Waals surface area (Å²) in [5.41, 5.74) is 8.95. The molecule has 0 aliphatic heterocycles. The van der Waals surface area contributed by atoms with Crippen LogP contribution in [0.2, 0.25) is 0 Å². The molecule has 8 aromatic rings. The first-order chi connectivity index (χ1) is 17.9. The summed E-state index contributed by atoms with van der Waals surface area (Å²) in [6.07, 6.45) is 0. The Kier molecular flexibility index (Phi) is 3.97. The minimum atomic E-state index is 0.923. The lowest BCUT2D eigenvalue weighted by Crippen LogP contribution is -1.87. The Morgan fingerprint density at radius 2 is 0.944 bits per heavy atom. The van der Waals surface area contributed by atoms with Gasteiger partial charge in [0.15, 0.2) is 0 Å². The van der Waals surface area contributed by atoms with Crippen molar-refractivity contribution in [2.45, 2.75) is 0 Å². The van der Waals surface area contributed by atoms with E-state index >= 15 is 0 Å². The maximum absolute atomic E-state index is 6.39. The maximum Gasteiger partial charge on any atom is 0.143 e. The zero-order valence-corrected chi connectivity index (χ0v) is 19.5. The Balaban J connectivity index is 1.42. The van der Waals surface area contributed by atoms with Crippen molar-refractivity contribution in [3.63, 3.8) is 0 Å². The second-order valence-electron chi connectivity index (χ2n) is 9.39. The molecule has 0 saturated heterocycles. The van der Waals surface area contributed by atoms with Gasteiger partial charge in [-0.15, -0.1) is 0 Å². The van der Waals surface area contributed by atoms with Crippen LogP contribution in [-0.4, -0.2) is 4.98 Å². The van der Waals surface area contributed by atoms with Crippen LogP contribution in [0.15, 0.2) is 126 Å². The lowest BCUT2D eigenvalue weighted by atomic mass is 9.91. The number of nitrogens with one attached hydrogen (secondary N) is 1. The molecule has 2 heteroatoms. The van der Waals surface area contributed by atoms with E-state index in [4.69, 9.17) is 4.42 Å². The zero-order chi connectivity index (χ0) is 23.6. The van der Waals surface area contributed by atoms with Crippen LogP contribution in [0.1, 0.15) is 0 Å². The third-order valence-corrected chi connectivity index (χ3v) is 7.45. The summed E-state index contributed by atoms with van der Waals surface area (Å²) in [5, 5.41) is 7.26. The van der Waals surface area contributed by atoms with Gasteiger partial charge in [-0.1, -0.05) is 109 Å². The Bertz CT molecular complexity index is 1950. The molecule has 168 valence electrons. The van der Waals surface area contributed by atoms with Crippen molar-refractivity contribution in [2.24, 2.45) is 0 Å². The van der Waals surface area contributed by atoms with Crippen molar-refractivity contribution in [1.29, 1.82) is 0 Å². The van der Waals surface area contributed by atoms with Crippen LogP contribution in [0.5, 0.6) is 0 Å². The third kappa shape index (κ3) is 2.67. The fraction of sp³-hybridized carbons (Fsp3) is 0. The molecule has 2 nitrogen and oxygen atoms in total. The van der Waals surface area contributed by atoms with E-state index in [1.807, 2.05) is 12.1 Å². The minimum Gasteiger partial charge on any atom is -0.455 e. The standard InChI is InChI=1S/C34H21NO/c1-3-19-31-25(9-1)28-16-7-15-27(33(28)35-31)23-13-5-12-22-21(23)11-6-14-24(22)29-17-8-18-30-26-10-2-4-20-32(26)36-34(29)30/h1-20,35H. The molecule has 1 N–H and O–H groups in total. The SMILES string of the molecule is c1ccc2c(c1)[nH]c1c(-c3cccc4c(-c5cccc6c5oc5ccccc56)cccc34)cccc12. The van der Waals surface area contributed by atoms with Crippen LogP contribution in [0.4, 0.5) is 0 Å². The van der Waals surface area contributed by atoms with Gasteiger partial charge in [0, 0.05) is 38.2 Å². The molecular weight excluding hydrogens is 438 g/mol. The number of furan rings is 1. The smallest absolute Gasteiger partial charge is 0.143 e. The van der Waals surface area contributed by atoms with Crippen molar-refractivity contribution in [3.05, 3.63) is 121 Å². The number of hydrogen-bond acceptors (Lipinski definition) is 1. The van der Waals surface area contributed by atoms with Gasteiger partial charge in [0.25, 0.3) is 0 Å². The van der Waals surface area contributed by atoms with Crippen molar-refractivity contribution in [2.75, 3.05) is 0 Å². The summed E-state index contributed by atoms with van der Waals surface area (Å²) in [7, 11) is 0. The fourth-order valence-corrected chi connectivity index (χ4v) is 5.84. The highest BCUT2D eigenvalue weighted by molar-refractivity contribution is 6.16. The van der Waals surface area contributed by atoms with Gasteiger partial charge in [-0.2, -0.15) is 0 Å². The highest BCUT2D eigenvalue weighted by atomic mass is 16.3. The molecule has 2 aromatic heterocycles. The molecule has 0 radical (unpaired) electrons. The summed E-state index contributed by atoms with van der Waals surface area (Å²) in [6, 6.07) is 43.1. The molecule has 0 amide bonds. The highest BCUT2D eigenvalue weighted by Gasteiger charge is 2.16. The van der Waals surface area contributed by atoms with E-state index in [-0.39, 0.29) is 0 Å². The van der Waals surface area contributed by atoms with Crippen molar-refractivity contribution in [3.8, 4) is 22.3 Å². The number of para-hydroxylation sites is 4. The number of aromatic amines is 1. The normalized spacial score (nSPS) is 11.9. The first-order valence-corrected chi connectivity index (χ1v) is 12.3. The number of rotatable bonds is 2. The largest absolute Gasteiger partial charge is 0.455 e. The highest BCUT2D eigenvalue weighted by Crippen LogP contribution is 2.41. The Labute approximate surface area is 207 Å². The van der Waals surface area contributed by atoms with Crippen molar-refractivity contribution in [1.82, 2.24) is 4.98 Å². The zero-order valence-electron chi connectivity index (χ0n) is 19.5.